The second-order valence-electron chi connectivity index (χ2n) is 4.46. The molecule has 0 amide bonds. The molecule has 0 fully saturated rings. The van der Waals surface area contributed by atoms with Crippen LogP contribution in [-0.4, -0.2) is 18.6 Å². The van der Waals surface area contributed by atoms with Crippen molar-refractivity contribution in [2.24, 2.45) is 0 Å². The number of aryl methyl sites for hydroxylation is 2. The molecule has 0 aliphatic carbocycles. The van der Waals surface area contributed by atoms with Gasteiger partial charge >= 0.3 is 0 Å². The maximum Gasteiger partial charge on any atom is 0.264 e. The Labute approximate surface area is 134 Å². The van der Waals surface area contributed by atoms with E-state index in [4.69, 9.17) is 0 Å². The largest absolute Gasteiger partial charge is 0.280 e. The lowest BCUT2D eigenvalue weighted by Crippen LogP contribution is -2.14. The van der Waals surface area contributed by atoms with E-state index in [0.717, 1.165) is 21.3 Å². The predicted molar refractivity (Wildman–Crippen MR) is 85.4 cm³/mol. The van der Waals surface area contributed by atoms with Gasteiger partial charge in [0.25, 0.3) is 10.0 Å². The second-order valence-corrected chi connectivity index (χ2v) is 7.82. The van der Waals surface area contributed by atoms with Crippen LogP contribution in [-0.2, 0) is 10.0 Å². The molecule has 108 valence electrons. The lowest BCUT2D eigenvalue weighted by Gasteiger charge is -2.10. The van der Waals surface area contributed by atoms with Gasteiger partial charge in [0, 0.05) is 20.2 Å². The first-order valence-electron chi connectivity index (χ1n) is 5.72. The molecule has 5 nitrogen and oxygen atoms in total. The molecule has 0 bridgehead atoms. The lowest BCUT2D eigenvalue weighted by atomic mass is 10.2. The Hall–Kier alpha value is -0.860. The van der Waals surface area contributed by atoms with E-state index >= 15 is 0 Å². The Morgan fingerprint density at radius 2 is 1.80 bits per heavy atom. The summed E-state index contributed by atoms with van der Waals surface area (Å²) >= 11 is 6.63. The van der Waals surface area contributed by atoms with Crippen LogP contribution in [0.25, 0.3) is 0 Å². The van der Waals surface area contributed by atoms with E-state index < -0.39 is 10.0 Å². The number of halogens is 2. The zero-order valence-electron chi connectivity index (χ0n) is 11.1. The maximum atomic E-state index is 12.4. The zero-order valence-corrected chi connectivity index (χ0v) is 15.1. The van der Waals surface area contributed by atoms with Crippen molar-refractivity contribution in [3.63, 3.8) is 0 Å². The molecule has 0 radical (unpaired) electrons. The molecule has 1 aromatic carbocycles. The summed E-state index contributed by atoms with van der Waals surface area (Å²) in [5.74, 6) is 0.311. The standard InChI is InChI=1S/C12H13Br2N3O2S/c1-6-4-10(14)11(5-9(6)13)20(18,19)17-12-7(2)8(3)15-16-12/h4-5H,1-3H3,(H2,15,16,17). The number of nitrogens with zero attached hydrogens (tertiary/aromatic N) is 1. The van der Waals surface area contributed by atoms with Crippen LogP contribution in [0, 0.1) is 20.8 Å². The molecule has 0 aliphatic heterocycles. The average molecular weight is 423 g/mol. The van der Waals surface area contributed by atoms with Crippen LogP contribution in [0.2, 0.25) is 0 Å². The summed E-state index contributed by atoms with van der Waals surface area (Å²) in [7, 11) is -3.70. The van der Waals surface area contributed by atoms with Crippen LogP contribution in [0.1, 0.15) is 16.8 Å². The highest BCUT2D eigenvalue weighted by Crippen LogP contribution is 2.30. The Kier molecular flexibility index (Phi) is 4.27. The number of nitrogens with one attached hydrogen (secondary N) is 2. The van der Waals surface area contributed by atoms with Crippen molar-refractivity contribution in [3.8, 4) is 0 Å². The molecule has 0 saturated carbocycles. The van der Waals surface area contributed by atoms with Gasteiger partial charge in [-0.1, -0.05) is 15.9 Å². The smallest absolute Gasteiger partial charge is 0.264 e. The fraction of sp³-hybridized carbons (Fsp3) is 0.250. The highest BCUT2D eigenvalue weighted by Gasteiger charge is 2.21. The maximum absolute atomic E-state index is 12.4. The quantitative estimate of drug-likeness (QED) is 0.792. The third kappa shape index (κ3) is 2.91. The minimum atomic E-state index is -3.70. The van der Waals surface area contributed by atoms with Gasteiger partial charge < -0.3 is 0 Å². The van der Waals surface area contributed by atoms with Crippen molar-refractivity contribution >= 4 is 47.7 Å². The van der Waals surface area contributed by atoms with Crippen LogP contribution in [0.3, 0.4) is 0 Å². The van der Waals surface area contributed by atoms with Crippen LogP contribution in [0.5, 0.6) is 0 Å². The van der Waals surface area contributed by atoms with Crippen molar-refractivity contribution in [3.05, 3.63) is 37.9 Å². The van der Waals surface area contributed by atoms with Crippen molar-refractivity contribution in [2.75, 3.05) is 4.72 Å². The number of hydrogen-bond acceptors (Lipinski definition) is 3. The molecule has 0 atom stereocenters. The van der Waals surface area contributed by atoms with Gasteiger partial charge in [0.15, 0.2) is 5.82 Å². The predicted octanol–water partition coefficient (Wildman–Crippen LogP) is 3.66. The average Bonchev–Trinajstić information content (AvgIpc) is 2.65. The molecule has 8 heteroatoms. The summed E-state index contributed by atoms with van der Waals surface area (Å²) in [4.78, 5) is 0.162. The minimum Gasteiger partial charge on any atom is -0.280 e. The Morgan fingerprint density at radius 1 is 1.15 bits per heavy atom. The monoisotopic (exact) mass is 421 g/mol. The van der Waals surface area contributed by atoms with E-state index in [-0.39, 0.29) is 4.90 Å². The summed E-state index contributed by atoms with van der Waals surface area (Å²) in [5, 5.41) is 6.70. The van der Waals surface area contributed by atoms with Gasteiger partial charge in [0.2, 0.25) is 0 Å². The number of rotatable bonds is 3. The molecule has 2 aromatic rings. The molecular formula is C12H13Br2N3O2S. The zero-order chi connectivity index (χ0) is 15.1. The SMILES string of the molecule is Cc1cc(Br)c(S(=O)(=O)Nc2n[nH]c(C)c2C)cc1Br. The number of hydrogen-bond donors (Lipinski definition) is 2. The van der Waals surface area contributed by atoms with Crippen LogP contribution < -0.4 is 4.72 Å². The highest BCUT2D eigenvalue weighted by molar-refractivity contribution is 9.11. The van der Waals surface area contributed by atoms with E-state index in [2.05, 4.69) is 46.8 Å². The number of H-pyrrole nitrogens is 1. The minimum absolute atomic E-state index is 0.162. The van der Waals surface area contributed by atoms with Crippen LogP contribution in [0.4, 0.5) is 5.82 Å². The van der Waals surface area contributed by atoms with Gasteiger partial charge in [-0.15, -0.1) is 0 Å². The van der Waals surface area contributed by atoms with E-state index in [1.165, 1.54) is 0 Å². The van der Waals surface area contributed by atoms with Gasteiger partial charge in [0.05, 0.1) is 0 Å². The number of aromatic amines is 1. The van der Waals surface area contributed by atoms with Crippen molar-refractivity contribution < 1.29 is 8.42 Å². The molecule has 0 saturated heterocycles. The van der Waals surface area contributed by atoms with Gasteiger partial charge in [-0.2, -0.15) is 5.10 Å². The third-order valence-electron chi connectivity index (χ3n) is 2.99. The number of anilines is 1. The molecule has 1 heterocycles. The van der Waals surface area contributed by atoms with Crippen LogP contribution >= 0.6 is 31.9 Å². The van der Waals surface area contributed by atoms with E-state index in [0.29, 0.717) is 10.3 Å². The van der Waals surface area contributed by atoms with Crippen molar-refractivity contribution in [2.45, 2.75) is 25.7 Å². The summed E-state index contributed by atoms with van der Waals surface area (Å²) in [6.07, 6.45) is 0. The fourth-order valence-corrected chi connectivity index (χ4v) is 4.34. The van der Waals surface area contributed by atoms with E-state index in [1.807, 2.05) is 13.8 Å². The van der Waals surface area contributed by atoms with Crippen molar-refractivity contribution in [1.82, 2.24) is 10.2 Å². The van der Waals surface area contributed by atoms with Crippen LogP contribution in [0.15, 0.2) is 26.0 Å². The van der Waals surface area contributed by atoms with Crippen molar-refractivity contribution in [1.29, 1.82) is 0 Å². The highest BCUT2D eigenvalue weighted by atomic mass is 79.9. The molecule has 0 unspecified atom stereocenters. The lowest BCUT2D eigenvalue weighted by molar-refractivity contribution is 0.600. The number of sulfonamides is 1. The number of aromatic nitrogens is 2. The van der Waals surface area contributed by atoms with E-state index in [9.17, 15) is 8.42 Å². The van der Waals surface area contributed by atoms with Gasteiger partial charge in [-0.3, -0.25) is 9.82 Å². The Balaban J connectivity index is 2.46. The van der Waals surface area contributed by atoms with Gasteiger partial charge in [-0.25, -0.2) is 8.42 Å². The van der Waals surface area contributed by atoms with Gasteiger partial charge in [-0.05, 0) is 54.4 Å². The summed E-state index contributed by atoms with van der Waals surface area (Å²) in [5.41, 5.74) is 2.55. The summed E-state index contributed by atoms with van der Waals surface area (Å²) < 4.78 is 28.6. The first kappa shape index (κ1) is 15.5. The molecule has 2 N–H and O–H groups in total. The Morgan fingerprint density at radius 3 is 2.35 bits per heavy atom. The molecular weight excluding hydrogens is 410 g/mol. The topological polar surface area (TPSA) is 74.8 Å². The third-order valence-corrected chi connectivity index (χ3v) is 6.14. The second kappa shape index (κ2) is 5.50. The summed E-state index contributed by atoms with van der Waals surface area (Å²) in [6, 6.07) is 3.32. The summed E-state index contributed by atoms with van der Waals surface area (Å²) in [6.45, 7) is 5.52. The first-order valence-corrected chi connectivity index (χ1v) is 8.79. The Bertz CT molecular complexity index is 769. The molecule has 20 heavy (non-hydrogen) atoms. The fourth-order valence-electron chi connectivity index (χ4n) is 1.60. The van der Waals surface area contributed by atoms with E-state index in [1.54, 1.807) is 19.1 Å². The first-order chi connectivity index (χ1) is 9.22. The molecule has 0 aliphatic rings. The number of benzene rings is 1. The molecule has 0 spiro atoms. The normalized spacial score (nSPS) is 11.7. The molecule has 2 rings (SSSR count). The van der Waals surface area contributed by atoms with Gasteiger partial charge in [0.1, 0.15) is 4.90 Å². The molecule has 1 aromatic heterocycles.